The van der Waals surface area contributed by atoms with Crippen LogP contribution in [0.3, 0.4) is 0 Å². The van der Waals surface area contributed by atoms with Gasteiger partial charge in [0.15, 0.2) is 0 Å². The van der Waals surface area contributed by atoms with Gasteiger partial charge in [0, 0.05) is 12.7 Å². The molecule has 0 saturated carbocycles. The Kier molecular flexibility index (Phi) is 3.72. The number of rotatable bonds is 3. The molecule has 0 unspecified atom stereocenters. The highest BCUT2D eigenvalue weighted by molar-refractivity contribution is 5.56. The third-order valence-corrected chi connectivity index (χ3v) is 2.79. The highest BCUT2D eigenvalue weighted by atomic mass is 15.1. The number of nitrogens with one attached hydrogen (secondary N) is 1. The van der Waals surface area contributed by atoms with Crippen LogP contribution in [0.1, 0.15) is 11.1 Å². The average Bonchev–Trinajstić information content (AvgIpc) is 2.38. The lowest BCUT2D eigenvalue weighted by Crippen LogP contribution is -1.89. The van der Waals surface area contributed by atoms with Crippen molar-refractivity contribution in [1.29, 1.82) is 0 Å². The minimum Gasteiger partial charge on any atom is -0.388 e. The third-order valence-electron chi connectivity index (χ3n) is 2.79. The summed E-state index contributed by atoms with van der Waals surface area (Å²) in [5.41, 5.74) is 5.24. The molecule has 0 saturated heterocycles. The minimum atomic E-state index is 0.868. The first-order valence-corrected chi connectivity index (χ1v) is 5.96. The Morgan fingerprint density at radius 1 is 0.833 bits per heavy atom. The Morgan fingerprint density at radius 2 is 1.44 bits per heavy atom. The zero-order valence-corrected chi connectivity index (χ0v) is 10.9. The van der Waals surface area contributed by atoms with Crippen LogP contribution in [-0.4, -0.2) is 7.05 Å². The fourth-order valence-electron chi connectivity index (χ4n) is 1.72. The van der Waals surface area contributed by atoms with Gasteiger partial charge in [0.25, 0.3) is 0 Å². The highest BCUT2D eigenvalue weighted by Crippen LogP contribution is 2.23. The van der Waals surface area contributed by atoms with Gasteiger partial charge in [0.05, 0.1) is 11.4 Å². The largest absolute Gasteiger partial charge is 0.388 e. The molecule has 2 aromatic carbocycles. The predicted molar refractivity (Wildman–Crippen MR) is 76.1 cm³/mol. The molecule has 92 valence electrons. The van der Waals surface area contributed by atoms with Gasteiger partial charge in [0.2, 0.25) is 0 Å². The Hall–Kier alpha value is -2.16. The molecule has 2 aromatic rings. The van der Waals surface area contributed by atoms with Crippen molar-refractivity contribution in [2.75, 3.05) is 12.4 Å². The maximum atomic E-state index is 4.24. The zero-order chi connectivity index (χ0) is 13.0. The molecule has 0 aliphatic rings. The molecule has 0 bridgehead atoms. The molecule has 3 nitrogen and oxygen atoms in total. The molecule has 0 heterocycles. The van der Waals surface area contributed by atoms with Crippen LogP contribution in [0.2, 0.25) is 0 Å². The number of azo groups is 1. The van der Waals surface area contributed by atoms with Gasteiger partial charge in [-0.15, -0.1) is 0 Å². The Bertz CT molecular complexity index is 556. The molecule has 1 N–H and O–H groups in total. The van der Waals surface area contributed by atoms with Gasteiger partial charge in [-0.05, 0) is 49.7 Å². The Labute approximate surface area is 108 Å². The summed E-state index contributed by atoms with van der Waals surface area (Å²) in [7, 11) is 1.91. The standard InChI is InChI=1S/C15H17N3/c1-11-4-6-13(7-5-11)17-18-14-8-9-15(16-3)12(2)10-14/h4-10,16H,1-3H3. The summed E-state index contributed by atoms with van der Waals surface area (Å²) >= 11 is 0. The maximum absolute atomic E-state index is 4.24. The molecule has 2 rings (SSSR count). The van der Waals surface area contributed by atoms with Crippen LogP contribution in [-0.2, 0) is 0 Å². The number of anilines is 1. The summed E-state index contributed by atoms with van der Waals surface area (Å²) in [6, 6.07) is 14.0. The van der Waals surface area contributed by atoms with E-state index in [1.54, 1.807) is 0 Å². The molecular weight excluding hydrogens is 222 g/mol. The first kappa shape index (κ1) is 12.3. The van der Waals surface area contributed by atoms with Crippen molar-refractivity contribution >= 4 is 17.1 Å². The highest BCUT2D eigenvalue weighted by Gasteiger charge is 1.97. The second kappa shape index (κ2) is 5.45. The molecule has 0 radical (unpaired) electrons. The smallest absolute Gasteiger partial charge is 0.0861 e. The van der Waals surface area contributed by atoms with Crippen LogP contribution in [0.5, 0.6) is 0 Å². The Balaban J connectivity index is 2.18. The second-order valence-electron chi connectivity index (χ2n) is 4.28. The first-order chi connectivity index (χ1) is 8.69. The van der Waals surface area contributed by atoms with Crippen molar-refractivity contribution in [2.45, 2.75) is 13.8 Å². The lowest BCUT2D eigenvalue weighted by Gasteiger charge is -2.04. The first-order valence-electron chi connectivity index (χ1n) is 5.96. The van der Waals surface area contributed by atoms with Crippen LogP contribution in [0.25, 0.3) is 0 Å². The summed E-state index contributed by atoms with van der Waals surface area (Å²) < 4.78 is 0. The molecule has 0 amide bonds. The fraction of sp³-hybridized carbons (Fsp3) is 0.200. The van der Waals surface area contributed by atoms with Crippen LogP contribution >= 0.6 is 0 Å². The van der Waals surface area contributed by atoms with Crippen molar-refractivity contribution < 1.29 is 0 Å². The maximum Gasteiger partial charge on any atom is 0.0861 e. The SMILES string of the molecule is CNc1ccc(N=Nc2ccc(C)cc2)cc1C. The molecule has 18 heavy (non-hydrogen) atoms. The van der Waals surface area contributed by atoms with E-state index in [0.29, 0.717) is 0 Å². The average molecular weight is 239 g/mol. The van der Waals surface area contributed by atoms with E-state index in [4.69, 9.17) is 0 Å². The number of hydrogen-bond donors (Lipinski definition) is 1. The van der Waals surface area contributed by atoms with Gasteiger partial charge in [-0.3, -0.25) is 0 Å². The topological polar surface area (TPSA) is 36.8 Å². The van der Waals surface area contributed by atoms with Gasteiger partial charge in [-0.1, -0.05) is 17.7 Å². The van der Waals surface area contributed by atoms with Crippen molar-refractivity contribution in [1.82, 2.24) is 0 Å². The van der Waals surface area contributed by atoms with Crippen LogP contribution in [0, 0.1) is 13.8 Å². The quantitative estimate of drug-likeness (QED) is 0.770. The van der Waals surface area contributed by atoms with Gasteiger partial charge in [-0.25, -0.2) is 0 Å². The van der Waals surface area contributed by atoms with Crippen LogP contribution < -0.4 is 5.32 Å². The molecule has 0 aliphatic heterocycles. The van der Waals surface area contributed by atoms with E-state index in [9.17, 15) is 0 Å². The molecule has 0 fully saturated rings. The van der Waals surface area contributed by atoms with E-state index in [2.05, 4.69) is 29.4 Å². The van der Waals surface area contributed by atoms with E-state index in [1.807, 2.05) is 49.5 Å². The van der Waals surface area contributed by atoms with E-state index in [0.717, 1.165) is 22.6 Å². The Morgan fingerprint density at radius 3 is 2.06 bits per heavy atom. The lowest BCUT2D eigenvalue weighted by molar-refractivity contribution is 1.22. The van der Waals surface area contributed by atoms with E-state index >= 15 is 0 Å². The molecule has 0 aromatic heterocycles. The minimum absolute atomic E-state index is 0.868. The lowest BCUT2D eigenvalue weighted by atomic mass is 10.2. The van der Waals surface area contributed by atoms with Crippen LogP contribution in [0.15, 0.2) is 52.7 Å². The zero-order valence-electron chi connectivity index (χ0n) is 10.9. The van der Waals surface area contributed by atoms with Gasteiger partial charge >= 0.3 is 0 Å². The normalized spacial score (nSPS) is 10.8. The van der Waals surface area contributed by atoms with E-state index in [1.165, 1.54) is 5.56 Å². The molecule has 0 atom stereocenters. The van der Waals surface area contributed by atoms with Crippen molar-refractivity contribution in [3.63, 3.8) is 0 Å². The van der Waals surface area contributed by atoms with Crippen molar-refractivity contribution in [3.8, 4) is 0 Å². The summed E-state index contributed by atoms with van der Waals surface area (Å²) in [5.74, 6) is 0. The molecule has 0 spiro atoms. The van der Waals surface area contributed by atoms with Gasteiger partial charge < -0.3 is 5.32 Å². The summed E-state index contributed by atoms with van der Waals surface area (Å²) in [6.45, 7) is 4.11. The van der Waals surface area contributed by atoms with E-state index in [-0.39, 0.29) is 0 Å². The summed E-state index contributed by atoms with van der Waals surface area (Å²) in [5, 5.41) is 11.6. The number of benzene rings is 2. The summed E-state index contributed by atoms with van der Waals surface area (Å²) in [6.07, 6.45) is 0. The number of nitrogens with zero attached hydrogens (tertiary/aromatic N) is 2. The summed E-state index contributed by atoms with van der Waals surface area (Å²) in [4.78, 5) is 0. The molecular formula is C15H17N3. The predicted octanol–water partition coefficient (Wildman–Crippen LogP) is 4.76. The van der Waals surface area contributed by atoms with Crippen molar-refractivity contribution in [2.24, 2.45) is 10.2 Å². The molecule has 0 aliphatic carbocycles. The monoisotopic (exact) mass is 239 g/mol. The third kappa shape index (κ3) is 2.94. The molecule has 3 heteroatoms. The fourth-order valence-corrected chi connectivity index (χ4v) is 1.72. The van der Waals surface area contributed by atoms with E-state index < -0.39 is 0 Å². The van der Waals surface area contributed by atoms with Crippen LogP contribution in [0.4, 0.5) is 17.1 Å². The number of aryl methyl sites for hydroxylation is 2. The second-order valence-corrected chi connectivity index (χ2v) is 4.28. The van der Waals surface area contributed by atoms with Gasteiger partial charge in [0.1, 0.15) is 0 Å². The number of hydrogen-bond acceptors (Lipinski definition) is 3. The van der Waals surface area contributed by atoms with Crippen molar-refractivity contribution in [3.05, 3.63) is 53.6 Å². The van der Waals surface area contributed by atoms with Gasteiger partial charge in [-0.2, -0.15) is 10.2 Å².